The van der Waals surface area contributed by atoms with Gasteiger partial charge in [-0.1, -0.05) is 68.4 Å². The molecule has 0 unspecified atom stereocenters. The number of nitrogens with one attached hydrogen (secondary N) is 1. The van der Waals surface area contributed by atoms with Crippen molar-refractivity contribution in [3.63, 3.8) is 0 Å². The van der Waals surface area contributed by atoms with Crippen molar-refractivity contribution >= 4 is 17.6 Å². The molecular formula is C34H39FN4O3. The maximum Gasteiger partial charge on any atom is 0.322 e. The van der Waals surface area contributed by atoms with Gasteiger partial charge in [-0.25, -0.2) is 9.18 Å². The molecule has 1 N–H and O–H groups in total. The third kappa shape index (κ3) is 8.70. The fourth-order valence-corrected chi connectivity index (χ4v) is 4.73. The Hall–Kier alpha value is -4.59. The summed E-state index contributed by atoms with van der Waals surface area (Å²) in [5.41, 5.74) is 3.45. The molecule has 4 rings (SSSR count). The van der Waals surface area contributed by atoms with Gasteiger partial charge in [-0.3, -0.25) is 4.79 Å². The normalized spacial score (nSPS) is 10.9. The van der Waals surface area contributed by atoms with Crippen molar-refractivity contribution in [2.45, 2.75) is 40.4 Å². The number of aromatic nitrogens is 1. The Bertz CT molecular complexity index is 1440. The molecule has 0 aliphatic carbocycles. The summed E-state index contributed by atoms with van der Waals surface area (Å²) in [5, 5.41) is 2.94. The molecule has 0 aliphatic heterocycles. The molecular weight excluding hydrogens is 531 g/mol. The number of halogens is 1. The van der Waals surface area contributed by atoms with Gasteiger partial charge in [0.1, 0.15) is 18.1 Å². The second-order valence-electron chi connectivity index (χ2n) is 10.6. The Labute approximate surface area is 247 Å². The first kappa shape index (κ1) is 30.4. The molecule has 0 fully saturated rings. The highest BCUT2D eigenvalue weighted by Gasteiger charge is 2.24. The van der Waals surface area contributed by atoms with Crippen molar-refractivity contribution in [1.82, 2.24) is 14.4 Å². The number of rotatable bonds is 13. The first-order valence-electron chi connectivity index (χ1n) is 14.3. The van der Waals surface area contributed by atoms with Gasteiger partial charge in [0.05, 0.1) is 18.8 Å². The maximum absolute atomic E-state index is 13.9. The molecule has 0 atom stereocenters. The van der Waals surface area contributed by atoms with E-state index in [9.17, 15) is 14.0 Å². The van der Waals surface area contributed by atoms with Gasteiger partial charge in [-0.05, 0) is 60.4 Å². The molecule has 0 aliphatic rings. The van der Waals surface area contributed by atoms with Crippen LogP contribution in [0.3, 0.4) is 0 Å². The average Bonchev–Trinajstić information content (AvgIpc) is 3.41. The van der Waals surface area contributed by atoms with Crippen LogP contribution in [0.1, 0.15) is 37.6 Å². The molecule has 4 aromatic rings. The number of urea groups is 1. The van der Waals surface area contributed by atoms with Crippen LogP contribution in [0.4, 0.5) is 14.9 Å². The average molecular weight is 571 g/mol. The Morgan fingerprint density at radius 2 is 1.57 bits per heavy atom. The summed E-state index contributed by atoms with van der Waals surface area (Å²) in [6, 6.07) is 27.1. The number of carbonyl (C=O) groups is 2. The van der Waals surface area contributed by atoms with Crippen LogP contribution < -0.4 is 10.1 Å². The summed E-state index contributed by atoms with van der Waals surface area (Å²) >= 11 is 0. The second-order valence-corrected chi connectivity index (χ2v) is 10.6. The van der Waals surface area contributed by atoms with E-state index in [0.29, 0.717) is 44.2 Å². The first-order valence-corrected chi connectivity index (χ1v) is 14.3. The van der Waals surface area contributed by atoms with Crippen molar-refractivity contribution in [3.8, 4) is 5.75 Å². The highest BCUT2D eigenvalue weighted by Crippen LogP contribution is 2.24. The number of hydrogen-bond acceptors (Lipinski definition) is 3. The molecule has 0 saturated heterocycles. The zero-order valence-electron chi connectivity index (χ0n) is 24.5. The number of benzene rings is 3. The standard InChI is InChI=1S/C34H39FN4O3/c1-4-42-32-15-9-8-14-31(32)36-34(41)39(21-26(2)3)25-33(40)38(23-27-11-6-5-7-12-27)24-30-13-10-20-37(30)22-28-16-18-29(35)19-17-28/h5-20,26H,4,21-25H2,1-3H3,(H,36,41). The molecule has 220 valence electrons. The van der Waals surface area contributed by atoms with Gasteiger partial charge < -0.3 is 24.4 Å². The molecule has 3 aromatic carbocycles. The number of amides is 3. The summed E-state index contributed by atoms with van der Waals surface area (Å²) in [4.78, 5) is 30.7. The molecule has 1 aromatic heterocycles. The van der Waals surface area contributed by atoms with Crippen molar-refractivity contribution in [1.29, 1.82) is 0 Å². The molecule has 0 saturated carbocycles. The molecule has 0 radical (unpaired) electrons. The van der Waals surface area contributed by atoms with E-state index in [1.165, 1.54) is 12.1 Å². The van der Waals surface area contributed by atoms with Crippen LogP contribution in [0.5, 0.6) is 5.75 Å². The van der Waals surface area contributed by atoms with E-state index < -0.39 is 0 Å². The summed E-state index contributed by atoms with van der Waals surface area (Å²) in [6.07, 6.45) is 1.96. The van der Waals surface area contributed by atoms with Crippen LogP contribution in [0.2, 0.25) is 0 Å². The van der Waals surface area contributed by atoms with Gasteiger partial charge in [-0.15, -0.1) is 0 Å². The lowest BCUT2D eigenvalue weighted by atomic mass is 10.2. The Morgan fingerprint density at radius 1 is 0.857 bits per heavy atom. The lowest BCUT2D eigenvalue weighted by Crippen LogP contribution is -2.45. The quantitative estimate of drug-likeness (QED) is 0.192. The fraction of sp³-hybridized carbons (Fsp3) is 0.294. The number of hydrogen-bond donors (Lipinski definition) is 1. The van der Waals surface area contributed by atoms with Gasteiger partial charge in [0.2, 0.25) is 5.91 Å². The number of para-hydroxylation sites is 2. The molecule has 1 heterocycles. The van der Waals surface area contributed by atoms with E-state index >= 15 is 0 Å². The minimum Gasteiger partial charge on any atom is -0.492 e. The molecule has 7 nitrogen and oxygen atoms in total. The number of carbonyl (C=O) groups excluding carboxylic acids is 2. The predicted octanol–water partition coefficient (Wildman–Crippen LogP) is 6.79. The van der Waals surface area contributed by atoms with Gasteiger partial charge in [0.15, 0.2) is 0 Å². The van der Waals surface area contributed by atoms with Gasteiger partial charge >= 0.3 is 6.03 Å². The minimum absolute atomic E-state index is 0.0771. The zero-order chi connectivity index (χ0) is 29.9. The monoisotopic (exact) mass is 570 g/mol. The maximum atomic E-state index is 13.9. The molecule has 3 amide bonds. The third-order valence-corrected chi connectivity index (χ3v) is 6.74. The largest absolute Gasteiger partial charge is 0.492 e. The van der Waals surface area contributed by atoms with Gasteiger partial charge in [0, 0.05) is 31.5 Å². The number of nitrogens with zero attached hydrogens (tertiary/aromatic N) is 3. The van der Waals surface area contributed by atoms with Crippen LogP contribution >= 0.6 is 0 Å². The summed E-state index contributed by atoms with van der Waals surface area (Å²) in [5.74, 6) is 0.294. The van der Waals surface area contributed by atoms with E-state index in [1.807, 2.05) is 81.6 Å². The van der Waals surface area contributed by atoms with Gasteiger partial charge in [0.25, 0.3) is 0 Å². The Balaban J connectivity index is 1.54. The van der Waals surface area contributed by atoms with Crippen molar-refractivity contribution in [2.75, 3.05) is 25.0 Å². The molecule has 42 heavy (non-hydrogen) atoms. The highest BCUT2D eigenvalue weighted by molar-refractivity contribution is 5.93. The first-order chi connectivity index (χ1) is 20.3. The van der Waals surface area contributed by atoms with Crippen LogP contribution in [0.15, 0.2) is 97.2 Å². The fourth-order valence-electron chi connectivity index (χ4n) is 4.73. The highest BCUT2D eigenvalue weighted by atomic mass is 19.1. The lowest BCUT2D eigenvalue weighted by molar-refractivity contribution is -0.133. The van der Waals surface area contributed by atoms with E-state index in [1.54, 1.807) is 34.1 Å². The van der Waals surface area contributed by atoms with E-state index in [4.69, 9.17) is 4.74 Å². The Kier molecular flexibility index (Phi) is 10.8. The van der Waals surface area contributed by atoms with Crippen LogP contribution in [-0.4, -0.2) is 46.0 Å². The van der Waals surface area contributed by atoms with Crippen molar-refractivity contribution in [3.05, 3.63) is 120 Å². The second kappa shape index (κ2) is 14.9. The molecule has 0 bridgehead atoms. The SMILES string of the molecule is CCOc1ccccc1NC(=O)N(CC(=O)N(Cc1ccccc1)Cc1cccn1Cc1ccc(F)cc1)CC(C)C. The Morgan fingerprint density at radius 3 is 2.29 bits per heavy atom. The minimum atomic E-state index is -0.358. The van der Waals surface area contributed by atoms with Crippen molar-refractivity contribution < 1.29 is 18.7 Å². The van der Waals surface area contributed by atoms with Crippen LogP contribution in [-0.2, 0) is 24.4 Å². The smallest absolute Gasteiger partial charge is 0.322 e. The lowest BCUT2D eigenvalue weighted by Gasteiger charge is -2.29. The summed E-state index contributed by atoms with van der Waals surface area (Å²) in [6.45, 7) is 8.03. The van der Waals surface area contributed by atoms with Gasteiger partial charge in [-0.2, -0.15) is 0 Å². The zero-order valence-corrected chi connectivity index (χ0v) is 24.5. The molecule has 8 heteroatoms. The molecule has 0 spiro atoms. The topological polar surface area (TPSA) is 66.8 Å². The number of anilines is 1. The number of ether oxygens (including phenoxy) is 1. The van der Waals surface area contributed by atoms with Crippen LogP contribution in [0, 0.1) is 11.7 Å². The van der Waals surface area contributed by atoms with E-state index in [0.717, 1.165) is 16.8 Å². The van der Waals surface area contributed by atoms with E-state index in [-0.39, 0.29) is 30.2 Å². The van der Waals surface area contributed by atoms with Crippen LogP contribution in [0.25, 0.3) is 0 Å². The van der Waals surface area contributed by atoms with Crippen molar-refractivity contribution in [2.24, 2.45) is 5.92 Å². The van der Waals surface area contributed by atoms with E-state index in [2.05, 4.69) is 9.88 Å². The predicted molar refractivity (Wildman–Crippen MR) is 164 cm³/mol. The third-order valence-electron chi connectivity index (χ3n) is 6.74. The summed E-state index contributed by atoms with van der Waals surface area (Å²) < 4.78 is 21.2. The summed E-state index contributed by atoms with van der Waals surface area (Å²) in [7, 11) is 0.